The van der Waals surface area contributed by atoms with Gasteiger partial charge in [0.15, 0.2) is 16.7 Å². The number of amides is 1. The average molecular weight is 548 g/mol. The number of nitro groups is 1. The molecule has 0 spiro atoms. The summed E-state index contributed by atoms with van der Waals surface area (Å²) in [6.07, 6.45) is 1.82. The highest BCUT2D eigenvalue weighted by atomic mass is 79.9. The fraction of sp³-hybridized carbons (Fsp3) is 0.333. The summed E-state index contributed by atoms with van der Waals surface area (Å²) in [6.45, 7) is 8.10. The summed E-state index contributed by atoms with van der Waals surface area (Å²) in [4.78, 5) is 30.3. The number of halogens is 1. The average Bonchev–Trinajstić information content (AvgIpc) is 3.06. The summed E-state index contributed by atoms with van der Waals surface area (Å²) in [6, 6.07) is 9.91. The van der Waals surface area contributed by atoms with E-state index in [0.29, 0.717) is 26.0 Å². The van der Waals surface area contributed by atoms with Crippen molar-refractivity contribution in [3.8, 4) is 11.5 Å². The Hall–Kier alpha value is -2.85. The van der Waals surface area contributed by atoms with Crippen molar-refractivity contribution in [2.24, 2.45) is 4.99 Å². The Morgan fingerprint density at radius 2 is 1.88 bits per heavy atom. The first kappa shape index (κ1) is 25.8. The summed E-state index contributed by atoms with van der Waals surface area (Å²) < 4.78 is 12.1. The van der Waals surface area contributed by atoms with Crippen molar-refractivity contribution in [2.45, 2.75) is 46.4 Å². The first-order valence-corrected chi connectivity index (χ1v) is 12.3. The van der Waals surface area contributed by atoms with E-state index in [1.54, 1.807) is 30.2 Å². The molecule has 0 unspecified atom stereocenters. The van der Waals surface area contributed by atoms with Crippen LogP contribution in [0.4, 0.5) is 5.69 Å². The van der Waals surface area contributed by atoms with Gasteiger partial charge in [-0.05, 0) is 96.9 Å². The van der Waals surface area contributed by atoms with E-state index >= 15 is 0 Å². The lowest BCUT2D eigenvalue weighted by Gasteiger charge is -2.20. The van der Waals surface area contributed by atoms with E-state index < -0.39 is 4.92 Å². The Labute approximate surface area is 211 Å². The maximum absolute atomic E-state index is 13.0. The maximum atomic E-state index is 13.0. The molecular weight excluding hydrogens is 522 g/mol. The van der Waals surface area contributed by atoms with Gasteiger partial charge in [0.2, 0.25) is 0 Å². The zero-order valence-corrected chi connectivity index (χ0v) is 22.0. The van der Waals surface area contributed by atoms with Crippen molar-refractivity contribution < 1.29 is 19.2 Å². The van der Waals surface area contributed by atoms with Gasteiger partial charge in [-0.15, -0.1) is 0 Å². The quantitative estimate of drug-likeness (QED) is 0.227. The molecule has 0 bridgehead atoms. The third kappa shape index (κ3) is 5.98. The number of nitro benzene ring substituents is 1. The summed E-state index contributed by atoms with van der Waals surface area (Å²) in [5.74, 6) is 0.919. The molecule has 0 saturated carbocycles. The zero-order valence-electron chi connectivity index (χ0n) is 19.6. The van der Waals surface area contributed by atoms with Crippen molar-refractivity contribution in [1.82, 2.24) is 4.90 Å². The number of non-ortho nitro benzene ring substituents is 1. The predicted octanol–water partition coefficient (Wildman–Crippen LogP) is 6.03. The first-order chi connectivity index (χ1) is 16.1. The van der Waals surface area contributed by atoms with E-state index in [4.69, 9.17) is 9.47 Å². The number of methoxy groups -OCH3 is 1. The van der Waals surface area contributed by atoms with Gasteiger partial charge in [-0.2, -0.15) is 0 Å². The Kier molecular flexibility index (Phi) is 8.37. The van der Waals surface area contributed by atoms with Crippen LogP contribution in [-0.4, -0.2) is 40.1 Å². The van der Waals surface area contributed by atoms with E-state index in [1.807, 2.05) is 39.8 Å². The lowest BCUT2D eigenvalue weighted by Crippen LogP contribution is -2.35. The van der Waals surface area contributed by atoms with Crippen LogP contribution < -0.4 is 9.47 Å². The van der Waals surface area contributed by atoms with Crippen LogP contribution in [0.3, 0.4) is 0 Å². The smallest absolute Gasteiger partial charge is 0.269 e. The Balaban J connectivity index is 1.84. The molecular formula is C24H26BrN3O5S. The molecule has 2 aromatic rings. The van der Waals surface area contributed by atoms with Gasteiger partial charge in [-0.25, -0.2) is 0 Å². The fourth-order valence-corrected chi connectivity index (χ4v) is 5.04. The van der Waals surface area contributed by atoms with Gasteiger partial charge in [0.05, 0.1) is 21.4 Å². The zero-order chi connectivity index (χ0) is 25.0. The number of thioether (sulfide) groups is 1. The number of nitrogens with zero attached hydrogens (tertiary/aromatic N) is 3. The topological polar surface area (TPSA) is 94.3 Å². The summed E-state index contributed by atoms with van der Waals surface area (Å²) in [5, 5.41) is 11.5. The largest absolute Gasteiger partial charge is 0.493 e. The lowest BCUT2D eigenvalue weighted by atomic mass is 10.1. The van der Waals surface area contributed by atoms with Crippen molar-refractivity contribution in [1.29, 1.82) is 0 Å². The van der Waals surface area contributed by atoms with Crippen molar-refractivity contribution in [3.05, 3.63) is 67.0 Å². The van der Waals surface area contributed by atoms with Gasteiger partial charge < -0.3 is 9.47 Å². The molecule has 1 aliphatic rings. The molecule has 1 saturated heterocycles. The van der Waals surface area contributed by atoms with Gasteiger partial charge in [0.25, 0.3) is 11.6 Å². The number of amidine groups is 1. The number of rotatable bonds is 8. The monoisotopic (exact) mass is 547 g/mol. The van der Waals surface area contributed by atoms with E-state index in [-0.39, 0.29) is 30.3 Å². The molecule has 180 valence electrons. The number of hydrogen-bond donors (Lipinski definition) is 0. The molecule has 0 aliphatic carbocycles. The van der Waals surface area contributed by atoms with E-state index in [0.717, 1.165) is 11.1 Å². The molecule has 0 aromatic heterocycles. The molecule has 34 heavy (non-hydrogen) atoms. The second-order valence-electron chi connectivity index (χ2n) is 8.13. The molecule has 0 N–H and O–H groups in total. The number of ether oxygens (including phenoxy) is 2. The van der Waals surface area contributed by atoms with Crippen molar-refractivity contribution >= 4 is 50.5 Å². The normalized spacial score (nSPS) is 16.2. The van der Waals surface area contributed by atoms with Crippen LogP contribution in [0.15, 0.2) is 50.8 Å². The van der Waals surface area contributed by atoms with Crippen molar-refractivity contribution in [2.75, 3.05) is 7.11 Å². The minimum atomic E-state index is -0.442. The van der Waals surface area contributed by atoms with E-state index in [9.17, 15) is 14.9 Å². The molecule has 0 radical (unpaired) electrons. The van der Waals surface area contributed by atoms with Crippen LogP contribution in [0.1, 0.15) is 38.8 Å². The molecule has 3 rings (SSSR count). The molecule has 1 fully saturated rings. The number of carbonyl (C=O) groups excluding carboxylic acids is 1. The van der Waals surface area contributed by atoms with Crippen molar-refractivity contribution in [3.63, 3.8) is 0 Å². The molecule has 1 amide bonds. The van der Waals surface area contributed by atoms with Crippen LogP contribution in [0, 0.1) is 10.1 Å². The van der Waals surface area contributed by atoms with Gasteiger partial charge in [0.1, 0.15) is 6.61 Å². The van der Waals surface area contributed by atoms with Crippen LogP contribution in [0.2, 0.25) is 0 Å². The van der Waals surface area contributed by atoms with Crippen LogP contribution in [-0.2, 0) is 11.4 Å². The summed E-state index contributed by atoms with van der Waals surface area (Å²) in [7, 11) is 1.54. The number of aliphatic imine (C=N–C) groups is 1. The minimum absolute atomic E-state index is 0.000121. The number of benzene rings is 2. The molecule has 1 aliphatic heterocycles. The molecule has 8 nitrogen and oxygen atoms in total. The highest BCUT2D eigenvalue weighted by molar-refractivity contribution is 9.10. The van der Waals surface area contributed by atoms with Crippen LogP contribution in [0.5, 0.6) is 11.5 Å². The SMILES string of the molecule is COc1cc(/C=C2/SC(=NC(C)C)N(C(C)C)C2=O)cc(Br)c1OCc1ccc([N+](=O)[O-])cc1. The maximum Gasteiger partial charge on any atom is 0.269 e. The third-order valence-electron chi connectivity index (χ3n) is 4.80. The van der Waals surface area contributed by atoms with Gasteiger partial charge >= 0.3 is 0 Å². The molecule has 2 aromatic carbocycles. The molecule has 1 heterocycles. The number of hydrogen-bond acceptors (Lipinski definition) is 7. The second-order valence-corrected chi connectivity index (χ2v) is 9.99. The minimum Gasteiger partial charge on any atom is -0.493 e. The predicted molar refractivity (Wildman–Crippen MR) is 138 cm³/mol. The first-order valence-electron chi connectivity index (χ1n) is 10.6. The van der Waals surface area contributed by atoms with Crippen LogP contribution >= 0.6 is 27.7 Å². The lowest BCUT2D eigenvalue weighted by molar-refractivity contribution is -0.384. The summed E-state index contributed by atoms with van der Waals surface area (Å²) >= 11 is 4.90. The highest BCUT2D eigenvalue weighted by Gasteiger charge is 2.35. The molecule has 10 heteroatoms. The molecule has 0 atom stereocenters. The van der Waals surface area contributed by atoms with E-state index in [1.165, 1.54) is 23.9 Å². The van der Waals surface area contributed by atoms with Crippen LogP contribution in [0.25, 0.3) is 6.08 Å². The summed E-state index contributed by atoms with van der Waals surface area (Å²) in [5.41, 5.74) is 1.58. The van der Waals surface area contributed by atoms with Gasteiger partial charge in [-0.1, -0.05) is 0 Å². The van der Waals surface area contributed by atoms with E-state index in [2.05, 4.69) is 20.9 Å². The standard InChI is InChI=1S/C24H26BrN3O5S/c1-14(2)26-24-27(15(3)4)23(29)21(34-24)12-17-10-19(25)22(20(11-17)32-5)33-13-16-6-8-18(9-7-16)28(30)31/h6-12,14-15H,13H2,1-5H3/b21-12+,26-24?. The number of carbonyl (C=O) groups is 1. The fourth-order valence-electron chi connectivity index (χ4n) is 3.24. The van der Waals surface area contributed by atoms with Gasteiger partial charge in [-0.3, -0.25) is 24.8 Å². The Bertz CT molecular complexity index is 1150. The Morgan fingerprint density at radius 3 is 2.44 bits per heavy atom. The second kappa shape index (κ2) is 11.1. The Morgan fingerprint density at radius 1 is 1.21 bits per heavy atom. The van der Waals surface area contributed by atoms with Gasteiger partial charge in [0, 0.05) is 24.2 Å². The third-order valence-corrected chi connectivity index (χ3v) is 6.39. The highest BCUT2D eigenvalue weighted by Crippen LogP contribution is 2.40.